The predicted molar refractivity (Wildman–Crippen MR) is 77.0 cm³/mol. The molecule has 0 aliphatic heterocycles. The van der Waals surface area contributed by atoms with Gasteiger partial charge in [0, 0.05) is 11.9 Å². The summed E-state index contributed by atoms with van der Waals surface area (Å²) in [7, 11) is 0. The molecule has 0 aliphatic carbocycles. The Labute approximate surface area is 120 Å². The largest absolute Gasteiger partial charge is 0.493 e. The van der Waals surface area contributed by atoms with Gasteiger partial charge in [0.1, 0.15) is 16.5 Å². The molecule has 0 saturated carbocycles. The second kappa shape index (κ2) is 6.21. The van der Waals surface area contributed by atoms with Crippen molar-refractivity contribution < 1.29 is 9.53 Å². The van der Waals surface area contributed by atoms with Gasteiger partial charge in [-0.25, -0.2) is 9.97 Å². The first-order valence-electron chi connectivity index (χ1n) is 5.93. The van der Waals surface area contributed by atoms with Crippen molar-refractivity contribution in [2.45, 2.75) is 6.92 Å². The molecule has 0 radical (unpaired) electrons. The summed E-state index contributed by atoms with van der Waals surface area (Å²) in [6.45, 7) is 2.25. The van der Waals surface area contributed by atoms with Gasteiger partial charge in [0.2, 0.25) is 5.95 Å². The lowest BCUT2D eigenvalue weighted by molar-refractivity contribution is 0.102. The minimum absolute atomic E-state index is 0.105. The minimum atomic E-state index is -0.450. The molecule has 0 bridgehead atoms. The topological polar surface area (TPSA) is 90.1 Å². The number of hydrogen-bond acceptors (Lipinski definition) is 5. The van der Waals surface area contributed by atoms with Crippen molar-refractivity contribution in [3.63, 3.8) is 0 Å². The Morgan fingerprint density at radius 3 is 2.95 bits per heavy atom. The smallest absolute Gasteiger partial charge is 0.263 e. The van der Waals surface area contributed by atoms with Crippen LogP contribution >= 0.6 is 11.6 Å². The van der Waals surface area contributed by atoms with Gasteiger partial charge in [0.15, 0.2) is 0 Å². The van der Waals surface area contributed by atoms with Gasteiger partial charge in [0.05, 0.1) is 6.61 Å². The van der Waals surface area contributed by atoms with Gasteiger partial charge < -0.3 is 10.5 Å². The molecule has 0 aliphatic rings. The number of hydrogen-bond donors (Lipinski definition) is 2. The molecule has 7 heteroatoms. The Hall–Kier alpha value is -2.34. The number of benzene rings is 1. The molecule has 1 heterocycles. The Balaban J connectivity index is 2.29. The fraction of sp³-hybridized carbons (Fsp3) is 0.154. The van der Waals surface area contributed by atoms with E-state index >= 15 is 0 Å². The number of nitrogens with two attached hydrogens (primary N) is 1. The Morgan fingerprint density at radius 1 is 1.45 bits per heavy atom. The van der Waals surface area contributed by atoms with Crippen LogP contribution in [0.1, 0.15) is 17.3 Å². The first-order chi connectivity index (χ1) is 9.61. The molecule has 1 aromatic carbocycles. The Kier molecular flexibility index (Phi) is 4.37. The molecule has 3 N–H and O–H groups in total. The quantitative estimate of drug-likeness (QED) is 0.667. The molecule has 6 nitrogen and oxygen atoms in total. The first kappa shape index (κ1) is 14.1. The third-order valence-electron chi connectivity index (χ3n) is 2.43. The van der Waals surface area contributed by atoms with Crippen molar-refractivity contribution in [3.05, 3.63) is 41.2 Å². The van der Waals surface area contributed by atoms with Crippen LogP contribution in [0.2, 0.25) is 5.15 Å². The number of nitrogens with zero attached hydrogens (tertiary/aromatic N) is 2. The van der Waals surface area contributed by atoms with Crippen molar-refractivity contribution in [2.24, 2.45) is 0 Å². The van der Waals surface area contributed by atoms with Crippen LogP contribution in [0.25, 0.3) is 0 Å². The van der Waals surface area contributed by atoms with E-state index in [1.54, 1.807) is 18.2 Å². The number of carbonyl (C=O) groups excluding carboxylic acids is 1. The molecular weight excluding hydrogens is 280 g/mol. The molecule has 0 saturated heterocycles. The summed E-state index contributed by atoms with van der Waals surface area (Å²) in [5.41, 5.74) is 6.39. The first-order valence-corrected chi connectivity index (χ1v) is 6.30. The van der Waals surface area contributed by atoms with Crippen LogP contribution in [0.15, 0.2) is 30.5 Å². The third kappa shape index (κ3) is 3.16. The van der Waals surface area contributed by atoms with Crippen LogP contribution < -0.4 is 15.8 Å². The van der Waals surface area contributed by atoms with Crippen molar-refractivity contribution in [1.29, 1.82) is 0 Å². The van der Waals surface area contributed by atoms with Crippen molar-refractivity contribution in [3.8, 4) is 5.75 Å². The number of nitrogens with one attached hydrogen (secondary N) is 1. The third-order valence-corrected chi connectivity index (χ3v) is 2.64. The van der Waals surface area contributed by atoms with E-state index in [9.17, 15) is 4.79 Å². The highest BCUT2D eigenvalue weighted by Crippen LogP contribution is 2.25. The van der Waals surface area contributed by atoms with Gasteiger partial charge in [-0.1, -0.05) is 17.7 Å². The molecule has 2 rings (SSSR count). The van der Waals surface area contributed by atoms with E-state index in [2.05, 4.69) is 15.3 Å². The monoisotopic (exact) mass is 292 g/mol. The second-order valence-corrected chi connectivity index (χ2v) is 4.20. The summed E-state index contributed by atoms with van der Waals surface area (Å²) >= 11 is 5.73. The van der Waals surface area contributed by atoms with E-state index in [0.717, 1.165) is 0 Å². The van der Waals surface area contributed by atoms with Crippen LogP contribution in [-0.2, 0) is 0 Å². The minimum Gasteiger partial charge on any atom is -0.493 e. The fourth-order valence-corrected chi connectivity index (χ4v) is 1.76. The van der Waals surface area contributed by atoms with Crippen LogP contribution in [-0.4, -0.2) is 22.5 Å². The number of anilines is 2. The van der Waals surface area contributed by atoms with Crippen LogP contribution in [0.3, 0.4) is 0 Å². The molecule has 1 aromatic heterocycles. The summed E-state index contributed by atoms with van der Waals surface area (Å²) in [6, 6.07) is 6.52. The molecule has 1 amide bonds. The zero-order chi connectivity index (χ0) is 14.5. The Morgan fingerprint density at radius 2 is 2.25 bits per heavy atom. The maximum Gasteiger partial charge on any atom is 0.263 e. The highest BCUT2D eigenvalue weighted by atomic mass is 35.5. The number of amides is 1. The van der Waals surface area contributed by atoms with Crippen molar-refractivity contribution in [1.82, 2.24) is 9.97 Å². The van der Waals surface area contributed by atoms with Gasteiger partial charge in [-0.2, -0.15) is 0 Å². The maximum absolute atomic E-state index is 12.2. The SMILES string of the molecule is CCOc1cccc(N)c1C(=O)Nc1nccc(Cl)n1. The zero-order valence-corrected chi connectivity index (χ0v) is 11.5. The van der Waals surface area contributed by atoms with Gasteiger partial charge in [-0.15, -0.1) is 0 Å². The number of nitrogen functional groups attached to an aromatic ring is 1. The van der Waals surface area contributed by atoms with Crippen LogP contribution in [0.4, 0.5) is 11.6 Å². The Bertz CT molecular complexity index is 634. The second-order valence-electron chi connectivity index (χ2n) is 3.81. The highest BCUT2D eigenvalue weighted by molar-refractivity contribution is 6.29. The molecule has 104 valence electrons. The van der Waals surface area contributed by atoms with Crippen molar-refractivity contribution >= 4 is 29.1 Å². The average molecular weight is 293 g/mol. The lowest BCUT2D eigenvalue weighted by atomic mass is 10.1. The van der Waals surface area contributed by atoms with E-state index in [1.165, 1.54) is 12.3 Å². The number of carbonyl (C=O) groups is 1. The highest BCUT2D eigenvalue weighted by Gasteiger charge is 2.17. The number of halogens is 1. The van der Waals surface area contributed by atoms with Gasteiger partial charge in [-0.3, -0.25) is 10.1 Å². The molecule has 2 aromatic rings. The molecule has 0 spiro atoms. The van der Waals surface area contributed by atoms with Crippen molar-refractivity contribution in [2.75, 3.05) is 17.7 Å². The number of rotatable bonds is 4. The summed E-state index contributed by atoms with van der Waals surface area (Å²) < 4.78 is 5.39. The average Bonchev–Trinajstić information content (AvgIpc) is 2.39. The summed E-state index contributed by atoms with van der Waals surface area (Å²) in [6.07, 6.45) is 1.45. The van der Waals surface area contributed by atoms with Gasteiger partial charge in [-0.05, 0) is 25.1 Å². The predicted octanol–water partition coefficient (Wildman–Crippen LogP) is 2.36. The fourth-order valence-electron chi connectivity index (χ4n) is 1.63. The lowest BCUT2D eigenvalue weighted by Crippen LogP contribution is -2.17. The molecule has 0 unspecified atom stereocenters. The molecule has 0 fully saturated rings. The normalized spacial score (nSPS) is 10.1. The van der Waals surface area contributed by atoms with Crippen LogP contribution in [0.5, 0.6) is 5.75 Å². The number of aromatic nitrogens is 2. The molecule has 20 heavy (non-hydrogen) atoms. The zero-order valence-electron chi connectivity index (χ0n) is 10.8. The van der Waals surface area contributed by atoms with E-state index in [-0.39, 0.29) is 16.7 Å². The van der Waals surface area contributed by atoms with Gasteiger partial charge >= 0.3 is 0 Å². The number of ether oxygens (including phenoxy) is 1. The van der Waals surface area contributed by atoms with E-state index in [4.69, 9.17) is 22.1 Å². The summed E-state index contributed by atoms with van der Waals surface area (Å²) in [5, 5.41) is 2.77. The van der Waals surface area contributed by atoms with E-state index in [0.29, 0.717) is 18.0 Å². The van der Waals surface area contributed by atoms with E-state index in [1.807, 2.05) is 6.92 Å². The lowest BCUT2D eigenvalue weighted by Gasteiger charge is -2.12. The summed E-state index contributed by atoms with van der Waals surface area (Å²) in [4.78, 5) is 20.0. The molecular formula is C13H13ClN4O2. The maximum atomic E-state index is 12.2. The van der Waals surface area contributed by atoms with Crippen LogP contribution in [0, 0.1) is 0 Å². The van der Waals surface area contributed by atoms with Gasteiger partial charge in [0.25, 0.3) is 5.91 Å². The standard InChI is InChI=1S/C13H13ClN4O2/c1-2-20-9-5-3-4-8(15)11(9)12(19)18-13-16-7-6-10(14)17-13/h3-7H,2,15H2,1H3,(H,16,17,18,19). The summed E-state index contributed by atoms with van der Waals surface area (Å²) in [5.74, 6) is 0.0639. The van der Waals surface area contributed by atoms with E-state index < -0.39 is 5.91 Å². The molecule has 0 atom stereocenters.